The molecule has 0 radical (unpaired) electrons. The zero-order valence-electron chi connectivity index (χ0n) is 12.4. The second-order valence-electron chi connectivity index (χ2n) is 5.35. The first-order valence-corrected chi connectivity index (χ1v) is 7.91. The van der Waals surface area contributed by atoms with Gasteiger partial charge in [-0.25, -0.2) is 0 Å². The Morgan fingerprint density at radius 1 is 1.27 bits per heavy atom. The molecule has 1 unspecified atom stereocenters. The van der Waals surface area contributed by atoms with Crippen molar-refractivity contribution in [3.05, 3.63) is 34.9 Å². The van der Waals surface area contributed by atoms with Gasteiger partial charge in [-0.3, -0.25) is 9.59 Å². The van der Waals surface area contributed by atoms with Crippen molar-refractivity contribution in [1.82, 2.24) is 10.6 Å². The standard InChI is InChI=1S/C16H21ClN2O3/c17-13-4-1-3-12(9-13)6-7-18-15(20)10-16(21)19-11-14-5-2-8-22-14/h1,3-4,9,14H,2,5-8,10-11H2,(H,18,20)(H,19,21). The smallest absolute Gasteiger partial charge is 0.229 e. The van der Waals surface area contributed by atoms with Crippen LogP contribution in [0, 0.1) is 0 Å². The van der Waals surface area contributed by atoms with Crippen molar-refractivity contribution >= 4 is 23.4 Å². The Hall–Kier alpha value is -1.59. The zero-order valence-corrected chi connectivity index (χ0v) is 13.2. The van der Waals surface area contributed by atoms with E-state index < -0.39 is 0 Å². The van der Waals surface area contributed by atoms with Crippen LogP contribution in [0.3, 0.4) is 0 Å². The van der Waals surface area contributed by atoms with E-state index in [0.717, 1.165) is 25.0 Å². The first kappa shape index (κ1) is 16.8. The van der Waals surface area contributed by atoms with E-state index in [1.54, 1.807) is 0 Å². The van der Waals surface area contributed by atoms with Crippen LogP contribution in [-0.2, 0) is 20.7 Å². The summed E-state index contributed by atoms with van der Waals surface area (Å²) in [5, 5.41) is 6.14. The third-order valence-electron chi connectivity index (χ3n) is 3.50. The number of carbonyl (C=O) groups is 2. The summed E-state index contributed by atoms with van der Waals surface area (Å²) >= 11 is 5.89. The number of halogens is 1. The molecule has 1 fully saturated rings. The molecule has 5 nitrogen and oxygen atoms in total. The Kier molecular flexibility index (Phi) is 6.68. The second-order valence-corrected chi connectivity index (χ2v) is 5.78. The van der Waals surface area contributed by atoms with Gasteiger partial charge in [-0.1, -0.05) is 23.7 Å². The van der Waals surface area contributed by atoms with Crippen LogP contribution < -0.4 is 10.6 Å². The van der Waals surface area contributed by atoms with E-state index >= 15 is 0 Å². The largest absolute Gasteiger partial charge is 0.376 e. The molecule has 1 aliphatic heterocycles. The van der Waals surface area contributed by atoms with Crippen LogP contribution in [0.1, 0.15) is 24.8 Å². The highest BCUT2D eigenvalue weighted by atomic mass is 35.5. The van der Waals surface area contributed by atoms with Crippen molar-refractivity contribution in [2.24, 2.45) is 0 Å². The molecular weight excluding hydrogens is 304 g/mol. The molecule has 22 heavy (non-hydrogen) atoms. The van der Waals surface area contributed by atoms with Gasteiger partial charge >= 0.3 is 0 Å². The monoisotopic (exact) mass is 324 g/mol. The fraction of sp³-hybridized carbons (Fsp3) is 0.500. The lowest BCUT2D eigenvalue weighted by Gasteiger charge is -2.10. The maximum Gasteiger partial charge on any atom is 0.229 e. The molecule has 6 heteroatoms. The van der Waals surface area contributed by atoms with E-state index in [0.29, 0.717) is 24.5 Å². The molecule has 0 saturated carbocycles. The van der Waals surface area contributed by atoms with Gasteiger partial charge in [0.25, 0.3) is 0 Å². The normalized spacial score (nSPS) is 17.2. The molecule has 1 heterocycles. The van der Waals surface area contributed by atoms with E-state index in [2.05, 4.69) is 10.6 Å². The highest BCUT2D eigenvalue weighted by Crippen LogP contribution is 2.11. The summed E-state index contributed by atoms with van der Waals surface area (Å²) in [4.78, 5) is 23.3. The van der Waals surface area contributed by atoms with Gasteiger partial charge < -0.3 is 15.4 Å². The van der Waals surface area contributed by atoms with Crippen molar-refractivity contribution in [3.63, 3.8) is 0 Å². The maximum absolute atomic E-state index is 11.7. The molecule has 0 aliphatic carbocycles. The van der Waals surface area contributed by atoms with Gasteiger partial charge in [0.2, 0.25) is 11.8 Å². The minimum Gasteiger partial charge on any atom is -0.376 e. The fourth-order valence-electron chi connectivity index (χ4n) is 2.34. The van der Waals surface area contributed by atoms with Crippen LogP contribution in [0.25, 0.3) is 0 Å². The molecule has 2 amide bonds. The predicted molar refractivity (Wildman–Crippen MR) is 84.8 cm³/mol. The Morgan fingerprint density at radius 2 is 2.09 bits per heavy atom. The molecule has 2 N–H and O–H groups in total. The number of carbonyl (C=O) groups excluding carboxylic acids is 2. The van der Waals surface area contributed by atoms with Gasteiger partial charge in [-0.05, 0) is 37.0 Å². The topological polar surface area (TPSA) is 67.4 Å². The van der Waals surface area contributed by atoms with Crippen molar-refractivity contribution in [2.45, 2.75) is 31.8 Å². The number of amides is 2. The lowest BCUT2D eigenvalue weighted by Crippen LogP contribution is -2.36. The lowest BCUT2D eigenvalue weighted by molar-refractivity contribution is -0.129. The molecule has 120 valence electrons. The fourth-order valence-corrected chi connectivity index (χ4v) is 2.56. The molecule has 1 saturated heterocycles. The van der Waals surface area contributed by atoms with Crippen molar-refractivity contribution in [1.29, 1.82) is 0 Å². The first-order chi connectivity index (χ1) is 10.6. The summed E-state index contributed by atoms with van der Waals surface area (Å²) in [6.07, 6.45) is 2.62. The molecular formula is C16H21ClN2O3. The predicted octanol–water partition coefficient (Wildman–Crippen LogP) is 1.68. The van der Waals surface area contributed by atoms with Crippen LogP contribution in [0.4, 0.5) is 0 Å². The Labute approximate surface area is 135 Å². The Bertz CT molecular complexity index is 516. The van der Waals surface area contributed by atoms with Crippen LogP contribution in [-0.4, -0.2) is 37.6 Å². The van der Waals surface area contributed by atoms with Gasteiger partial charge in [0, 0.05) is 24.7 Å². The lowest BCUT2D eigenvalue weighted by atomic mass is 10.1. The molecule has 0 bridgehead atoms. The van der Waals surface area contributed by atoms with E-state index in [9.17, 15) is 9.59 Å². The number of hydrogen-bond donors (Lipinski definition) is 2. The van der Waals surface area contributed by atoms with Crippen LogP contribution in [0.15, 0.2) is 24.3 Å². The van der Waals surface area contributed by atoms with Crippen molar-refractivity contribution < 1.29 is 14.3 Å². The summed E-state index contributed by atoms with van der Waals surface area (Å²) < 4.78 is 5.41. The van der Waals surface area contributed by atoms with Crippen LogP contribution >= 0.6 is 11.6 Å². The van der Waals surface area contributed by atoms with Gasteiger partial charge in [-0.15, -0.1) is 0 Å². The number of benzene rings is 1. The summed E-state index contributed by atoms with van der Waals surface area (Å²) in [6.45, 7) is 1.72. The SMILES string of the molecule is O=C(CC(=O)NCC1CCCO1)NCCc1cccc(Cl)c1. The molecule has 1 atom stereocenters. The number of rotatable bonds is 7. The highest BCUT2D eigenvalue weighted by Gasteiger charge is 2.17. The van der Waals surface area contributed by atoms with Gasteiger partial charge in [0.05, 0.1) is 6.10 Å². The minimum atomic E-state index is -0.271. The molecule has 0 spiro atoms. The van der Waals surface area contributed by atoms with Crippen molar-refractivity contribution in [3.8, 4) is 0 Å². The van der Waals surface area contributed by atoms with Crippen molar-refractivity contribution in [2.75, 3.05) is 19.7 Å². The first-order valence-electron chi connectivity index (χ1n) is 7.53. The summed E-state index contributed by atoms with van der Waals surface area (Å²) in [5.41, 5.74) is 1.05. The summed E-state index contributed by atoms with van der Waals surface area (Å²) in [5.74, 6) is -0.539. The minimum absolute atomic E-state index is 0.0924. The third kappa shape index (κ3) is 6.03. The second kappa shape index (κ2) is 8.76. The molecule has 1 aliphatic rings. The molecule has 2 rings (SSSR count). The zero-order chi connectivity index (χ0) is 15.8. The Balaban J connectivity index is 1.59. The van der Waals surface area contributed by atoms with Crippen LogP contribution in [0.5, 0.6) is 0 Å². The number of ether oxygens (including phenoxy) is 1. The molecule has 1 aromatic rings. The average Bonchev–Trinajstić information content (AvgIpc) is 2.98. The van der Waals surface area contributed by atoms with E-state index in [1.165, 1.54) is 0 Å². The van der Waals surface area contributed by atoms with Gasteiger partial charge in [0.15, 0.2) is 0 Å². The van der Waals surface area contributed by atoms with Gasteiger partial charge in [0.1, 0.15) is 6.42 Å². The average molecular weight is 325 g/mol. The van der Waals surface area contributed by atoms with Crippen LogP contribution in [0.2, 0.25) is 5.02 Å². The quantitative estimate of drug-likeness (QED) is 0.750. The molecule has 1 aromatic carbocycles. The Morgan fingerprint density at radius 3 is 2.82 bits per heavy atom. The number of nitrogens with one attached hydrogen (secondary N) is 2. The summed E-state index contributed by atoms with van der Waals surface area (Å²) in [7, 11) is 0. The third-order valence-corrected chi connectivity index (χ3v) is 3.73. The van der Waals surface area contributed by atoms with E-state index in [4.69, 9.17) is 16.3 Å². The maximum atomic E-state index is 11.7. The highest BCUT2D eigenvalue weighted by molar-refractivity contribution is 6.30. The van der Waals surface area contributed by atoms with E-state index in [-0.39, 0.29) is 24.3 Å². The molecule has 0 aromatic heterocycles. The van der Waals surface area contributed by atoms with E-state index in [1.807, 2.05) is 24.3 Å². The number of hydrogen-bond acceptors (Lipinski definition) is 3. The summed E-state index contributed by atoms with van der Waals surface area (Å²) in [6, 6.07) is 7.49. The van der Waals surface area contributed by atoms with Gasteiger partial charge in [-0.2, -0.15) is 0 Å².